The summed E-state index contributed by atoms with van der Waals surface area (Å²) < 4.78 is 11.5. The molecule has 6 nitrogen and oxygen atoms in total. The van der Waals surface area contributed by atoms with Gasteiger partial charge in [-0.25, -0.2) is 9.97 Å². The van der Waals surface area contributed by atoms with Crippen LogP contribution in [0.2, 0.25) is 0 Å². The number of benzene rings is 1. The lowest BCUT2D eigenvalue weighted by Crippen LogP contribution is -1.95. The smallest absolute Gasteiger partial charge is 0.167 e. The summed E-state index contributed by atoms with van der Waals surface area (Å²) in [5, 5.41) is 6.31. The number of aromatic nitrogens is 2. The molecule has 0 fully saturated rings. The van der Waals surface area contributed by atoms with E-state index in [1.807, 2.05) is 25.1 Å². The summed E-state index contributed by atoms with van der Waals surface area (Å²) in [7, 11) is 3.23. The van der Waals surface area contributed by atoms with Crippen LogP contribution >= 0.6 is 11.3 Å². The summed E-state index contributed by atoms with van der Waals surface area (Å²) in [6.07, 6.45) is 3.23. The fraction of sp³-hybridized carbons (Fsp3) is 0.188. The zero-order valence-electron chi connectivity index (χ0n) is 13.0. The van der Waals surface area contributed by atoms with Gasteiger partial charge < -0.3 is 9.47 Å². The molecular weight excluding hydrogens is 312 g/mol. The van der Waals surface area contributed by atoms with Crippen LogP contribution in [-0.4, -0.2) is 30.4 Å². The van der Waals surface area contributed by atoms with Crippen molar-refractivity contribution in [2.45, 2.75) is 6.92 Å². The summed E-state index contributed by atoms with van der Waals surface area (Å²) >= 11 is 1.60. The average Bonchev–Trinajstić information content (AvgIpc) is 2.97. The highest BCUT2D eigenvalue weighted by atomic mass is 32.1. The molecule has 1 aromatic carbocycles. The molecular formula is C16H16N4O2S. The molecule has 3 aromatic rings. The van der Waals surface area contributed by atoms with Crippen LogP contribution in [0.15, 0.2) is 35.0 Å². The molecule has 0 amide bonds. The van der Waals surface area contributed by atoms with E-state index in [1.165, 1.54) is 6.33 Å². The molecule has 0 saturated carbocycles. The minimum Gasteiger partial charge on any atom is -0.497 e. The minimum atomic E-state index is 0.694. The first-order chi connectivity index (χ1) is 11.2. The fourth-order valence-corrected chi connectivity index (χ4v) is 3.06. The van der Waals surface area contributed by atoms with E-state index in [-0.39, 0.29) is 0 Å². The molecule has 0 radical (unpaired) electrons. The number of methoxy groups -OCH3 is 2. The van der Waals surface area contributed by atoms with E-state index in [0.29, 0.717) is 17.3 Å². The van der Waals surface area contributed by atoms with E-state index in [1.54, 1.807) is 31.8 Å². The van der Waals surface area contributed by atoms with Crippen LogP contribution in [0.3, 0.4) is 0 Å². The Kier molecular flexibility index (Phi) is 4.38. The zero-order chi connectivity index (χ0) is 16.2. The number of ether oxygens (including phenoxy) is 2. The van der Waals surface area contributed by atoms with Gasteiger partial charge in [-0.3, -0.25) is 5.43 Å². The third-order valence-electron chi connectivity index (χ3n) is 3.29. The largest absolute Gasteiger partial charge is 0.497 e. The van der Waals surface area contributed by atoms with Gasteiger partial charge >= 0.3 is 0 Å². The molecule has 23 heavy (non-hydrogen) atoms. The van der Waals surface area contributed by atoms with Crippen molar-refractivity contribution in [3.63, 3.8) is 0 Å². The predicted molar refractivity (Wildman–Crippen MR) is 92.9 cm³/mol. The summed E-state index contributed by atoms with van der Waals surface area (Å²) in [5.41, 5.74) is 5.92. The van der Waals surface area contributed by atoms with Gasteiger partial charge in [0.1, 0.15) is 17.8 Å². The number of aryl methyl sites for hydroxylation is 1. The zero-order valence-corrected chi connectivity index (χ0v) is 13.8. The van der Waals surface area contributed by atoms with Crippen molar-refractivity contribution in [1.29, 1.82) is 0 Å². The van der Waals surface area contributed by atoms with Gasteiger partial charge in [0.15, 0.2) is 5.82 Å². The van der Waals surface area contributed by atoms with E-state index >= 15 is 0 Å². The van der Waals surface area contributed by atoms with Crippen molar-refractivity contribution in [2.75, 3.05) is 19.6 Å². The van der Waals surface area contributed by atoms with Gasteiger partial charge in [-0.15, -0.1) is 11.3 Å². The highest BCUT2D eigenvalue weighted by Gasteiger charge is 2.07. The van der Waals surface area contributed by atoms with Gasteiger partial charge in [0.2, 0.25) is 0 Å². The van der Waals surface area contributed by atoms with Crippen LogP contribution in [0.1, 0.15) is 11.1 Å². The van der Waals surface area contributed by atoms with Crippen molar-refractivity contribution >= 4 is 33.6 Å². The molecule has 2 heterocycles. The number of hydrogen-bond donors (Lipinski definition) is 1. The molecule has 7 heteroatoms. The van der Waals surface area contributed by atoms with Gasteiger partial charge in [0.25, 0.3) is 0 Å². The highest BCUT2D eigenvalue weighted by molar-refractivity contribution is 7.18. The maximum Gasteiger partial charge on any atom is 0.167 e. The molecule has 0 aliphatic heterocycles. The lowest BCUT2D eigenvalue weighted by atomic mass is 10.2. The SMILES string of the molecule is COc1cc(/C=N/Nc2ncnc3c(C)csc23)cc(OC)c1. The number of hydrogen-bond acceptors (Lipinski definition) is 7. The standard InChI is InChI=1S/C16H16N4O2S/c1-10-8-23-15-14(10)17-9-18-16(15)20-19-7-11-4-12(21-2)6-13(5-11)22-3/h4-9H,1-3H3,(H,17,18,20)/b19-7+. The number of anilines is 1. The van der Waals surface area contributed by atoms with E-state index < -0.39 is 0 Å². The second-order valence-corrected chi connectivity index (χ2v) is 5.71. The summed E-state index contributed by atoms with van der Waals surface area (Å²) in [6, 6.07) is 5.56. The van der Waals surface area contributed by atoms with Crippen molar-refractivity contribution in [3.05, 3.63) is 41.0 Å². The van der Waals surface area contributed by atoms with Gasteiger partial charge in [-0.1, -0.05) is 0 Å². The molecule has 0 saturated heterocycles. The quantitative estimate of drug-likeness (QED) is 0.574. The van der Waals surface area contributed by atoms with Gasteiger partial charge in [-0.2, -0.15) is 5.10 Å². The van der Waals surface area contributed by atoms with E-state index in [4.69, 9.17) is 9.47 Å². The molecule has 0 aliphatic carbocycles. The van der Waals surface area contributed by atoms with Crippen LogP contribution in [-0.2, 0) is 0 Å². The van der Waals surface area contributed by atoms with Crippen molar-refractivity contribution in [1.82, 2.24) is 9.97 Å². The molecule has 0 atom stereocenters. The first-order valence-electron chi connectivity index (χ1n) is 6.92. The Bertz CT molecular complexity index is 838. The highest BCUT2D eigenvalue weighted by Crippen LogP contribution is 2.28. The molecule has 0 aliphatic rings. The second kappa shape index (κ2) is 6.62. The van der Waals surface area contributed by atoms with Gasteiger partial charge in [-0.05, 0) is 30.0 Å². The molecule has 0 unspecified atom stereocenters. The topological polar surface area (TPSA) is 68.6 Å². The van der Waals surface area contributed by atoms with Crippen LogP contribution in [0.5, 0.6) is 11.5 Å². The number of fused-ring (bicyclic) bond motifs is 1. The second-order valence-electron chi connectivity index (χ2n) is 4.83. The van der Waals surface area contributed by atoms with E-state index in [2.05, 4.69) is 25.9 Å². The number of nitrogens with one attached hydrogen (secondary N) is 1. The Morgan fingerprint density at radius 2 is 1.87 bits per heavy atom. The van der Waals surface area contributed by atoms with Crippen molar-refractivity contribution in [2.24, 2.45) is 5.10 Å². The van der Waals surface area contributed by atoms with Gasteiger partial charge in [0, 0.05) is 11.6 Å². The Hall–Kier alpha value is -2.67. The Morgan fingerprint density at radius 1 is 1.13 bits per heavy atom. The molecule has 1 N–H and O–H groups in total. The Morgan fingerprint density at radius 3 is 2.57 bits per heavy atom. The lowest BCUT2D eigenvalue weighted by molar-refractivity contribution is 0.394. The summed E-state index contributed by atoms with van der Waals surface area (Å²) in [6.45, 7) is 2.03. The molecule has 3 rings (SSSR count). The third-order valence-corrected chi connectivity index (χ3v) is 4.38. The number of rotatable bonds is 5. The van der Waals surface area contributed by atoms with Gasteiger partial charge in [0.05, 0.1) is 30.7 Å². The number of hydrazone groups is 1. The molecule has 0 bridgehead atoms. The maximum atomic E-state index is 5.24. The van der Waals surface area contributed by atoms with Crippen LogP contribution < -0.4 is 14.9 Å². The summed E-state index contributed by atoms with van der Waals surface area (Å²) in [5.74, 6) is 2.12. The van der Waals surface area contributed by atoms with Crippen molar-refractivity contribution < 1.29 is 9.47 Å². The third kappa shape index (κ3) is 3.24. The first-order valence-corrected chi connectivity index (χ1v) is 7.80. The minimum absolute atomic E-state index is 0.694. The normalized spacial score (nSPS) is 11.1. The number of nitrogens with zero attached hydrogens (tertiary/aromatic N) is 3. The summed E-state index contributed by atoms with van der Waals surface area (Å²) in [4.78, 5) is 8.53. The average molecular weight is 328 g/mol. The number of thiophene rings is 1. The van der Waals surface area contributed by atoms with Crippen LogP contribution in [0.25, 0.3) is 10.2 Å². The maximum absolute atomic E-state index is 5.24. The fourth-order valence-electron chi connectivity index (χ4n) is 2.12. The lowest BCUT2D eigenvalue weighted by Gasteiger charge is -2.05. The van der Waals surface area contributed by atoms with E-state index in [0.717, 1.165) is 21.3 Å². The van der Waals surface area contributed by atoms with Crippen LogP contribution in [0, 0.1) is 6.92 Å². The van der Waals surface area contributed by atoms with E-state index in [9.17, 15) is 0 Å². The van der Waals surface area contributed by atoms with Crippen LogP contribution in [0.4, 0.5) is 5.82 Å². The predicted octanol–water partition coefficient (Wildman–Crippen LogP) is 3.46. The first kappa shape index (κ1) is 15.2. The Labute approximate surface area is 137 Å². The monoisotopic (exact) mass is 328 g/mol. The molecule has 2 aromatic heterocycles. The van der Waals surface area contributed by atoms with Crippen molar-refractivity contribution in [3.8, 4) is 11.5 Å². The molecule has 118 valence electrons. The molecule has 0 spiro atoms. The Balaban J connectivity index is 1.83.